The summed E-state index contributed by atoms with van der Waals surface area (Å²) in [5.74, 6) is 0.150. The Hall–Kier alpha value is -1.95. The van der Waals surface area contributed by atoms with Gasteiger partial charge in [0, 0.05) is 19.0 Å². The third-order valence-electron chi connectivity index (χ3n) is 4.76. The van der Waals surface area contributed by atoms with E-state index < -0.39 is 10.0 Å². The quantitative estimate of drug-likeness (QED) is 0.855. The highest BCUT2D eigenvalue weighted by Crippen LogP contribution is 2.34. The number of piperidine rings is 1. The molecule has 1 aliphatic rings. The van der Waals surface area contributed by atoms with Crippen LogP contribution in [0.15, 0.2) is 65.6 Å². The number of nitrogens with zero attached hydrogens (tertiary/aromatic N) is 1. The van der Waals surface area contributed by atoms with E-state index in [9.17, 15) is 8.42 Å². The Morgan fingerprint density at radius 1 is 1.12 bits per heavy atom. The summed E-state index contributed by atoms with van der Waals surface area (Å²) >= 11 is 0. The number of aliphatic hydroxyl groups excluding tert-OH is 1. The van der Waals surface area contributed by atoms with Gasteiger partial charge in [-0.05, 0) is 36.6 Å². The summed E-state index contributed by atoms with van der Waals surface area (Å²) in [4.78, 5) is 0.330. The van der Waals surface area contributed by atoms with Gasteiger partial charge in [0.2, 0.25) is 10.0 Å². The van der Waals surface area contributed by atoms with E-state index in [-0.39, 0.29) is 12.5 Å². The van der Waals surface area contributed by atoms with Gasteiger partial charge in [0.05, 0.1) is 11.5 Å². The molecule has 1 fully saturated rings. The maximum Gasteiger partial charge on any atom is 0.243 e. The van der Waals surface area contributed by atoms with Gasteiger partial charge < -0.3 is 5.11 Å². The van der Waals surface area contributed by atoms with E-state index in [0.29, 0.717) is 24.4 Å². The highest BCUT2D eigenvalue weighted by molar-refractivity contribution is 7.89. The monoisotopic (exact) mass is 357 g/mol. The number of benzene rings is 2. The lowest BCUT2D eigenvalue weighted by molar-refractivity contribution is 0.282. The van der Waals surface area contributed by atoms with Crippen LogP contribution in [0.25, 0.3) is 0 Å². The molecule has 1 saturated heterocycles. The van der Waals surface area contributed by atoms with Crippen molar-refractivity contribution in [2.24, 2.45) is 0 Å². The first kappa shape index (κ1) is 17.9. The second-order valence-electron chi connectivity index (χ2n) is 6.55. The van der Waals surface area contributed by atoms with Crippen molar-refractivity contribution in [1.29, 1.82) is 0 Å². The van der Waals surface area contributed by atoms with Crippen molar-refractivity contribution in [3.05, 3.63) is 77.4 Å². The summed E-state index contributed by atoms with van der Waals surface area (Å²) in [7, 11) is -3.49. The SMILES string of the molecule is C=C1CN(S(=O)(=O)c2ccc(C)cc2)CC[C@@H]1c1ccc(CO)cc1. The average Bonchev–Trinajstić information content (AvgIpc) is 2.62. The van der Waals surface area contributed by atoms with Crippen LogP contribution in [-0.2, 0) is 16.6 Å². The van der Waals surface area contributed by atoms with E-state index in [1.807, 2.05) is 43.3 Å². The van der Waals surface area contributed by atoms with Crippen molar-refractivity contribution in [2.75, 3.05) is 13.1 Å². The van der Waals surface area contributed by atoms with Gasteiger partial charge in [-0.25, -0.2) is 8.42 Å². The van der Waals surface area contributed by atoms with E-state index in [0.717, 1.165) is 22.3 Å². The van der Waals surface area contributed by atoms with Crippen molar-refractivity contribution >= 4 is 10.0 Å². The molecule has 2 aromatic carbocycles. The molecule has 1 N–H and O–H groups in total. The molecule has 132 valence electrons. The second kappa shape index (κ2) is 7.12. The standard InChI is InChI=1S/C20H23NO3S/c1-15-3-9-19(10-4-15)25(23,24)21-12-11-20(16(2)13-21)18-7-5-17(14-22)6-8-18/h3-10,20,22H,2,11-14H2,1H3/t20-/m0/s1. The number of sulfonamides is 1. The zero-order valence-corrected chi connectivity index (χ0v) is 15.2. The first-order chi connectivity index (χ1) is 11.9. The van der Waals surface area contributed by atoms with Crippen LogP contribution in [0.3, 0.4) is 0 Å². The zero-order valence-electron chi connectivity index (χ0n) is 14.4. The molecule has 0 amide bonds. The predicted molar refractivity (Wildman–Crippen MR) is 98.8 cm³/mol. The fraction of sp³-hybridized carbons (Fsp3) is 0.300. The molecule has 3 rings (SSSR count). The Labute approximate surface area is 149 Å². The fourth-order valence-corrected chi connectivity index (χ4v) is 4.67. The van der Waals surface area contributed by atoms with Gasteiger partial charge in [-0.3, -0.25) is 0 Å². The van der Waals surface area contributed by atoms with E-state index >= 15 is 0 Å². The van der Waals surface area contributed by atoms with Gasteiger partial charge in [-0.1, -0.05) is 54.1 Å². The van der Waals surface area contributed by atoms with Gasteiger partial charge in [-0.15, -0.1) is 0 Å². The molecule has 0 saturated carbocycles. The van der Waals surface area contributed by atoms with E-state index in [1.165, 1.54) is 4.31 Å². The summed E-state index contributed by atoms with van der Waals surface area (Å²) in [5, 5.41) is 9.15. The maximum absolute atomic E-state index is 12.8. The van der Waals surface area contributed by atoms with Gasteiger partial charge in [0.1, 0.15) is 0 Å². The molecule has 5 heteroatoms. The lowest BCUT2D eigenvalue weighted by Crippen LogP contribution is -2.39. The summed E-state index contributed by atoms with van der Waals surface area (Å²) < 4.78 is 27.2. The molecule has 0 radical (unpaired) electrons. The summed E-state index contributed by atoms with van der Waals surface area (Å²) in [6, 6.07) is 14.7. The molecule has 1 atom stereocenters. The van der Waals surface area contributed by atoms with Crippen LogP contribution in [0.1, 0.15) is 29.0 Å². The third kappa shape index (κ3) is 3.68. The second-order valence-corrected chi connectivity index (χ2v) is 8.49. The van der Waals surface area contributed by atoms with Crippen LogP contribution in [0.2, 0.25) is 0 Å². The van der Waals surface area contributed by atoms with Crippen LogP contribution in [0.4, 0.5) is 0 Å². The Bertz CT molecular complexity index is 855. The summed E-state index contributed by atoms with van der Waals surface area (Å²) in [6.07, 6.45) is 0.711. The minimum absolute atomic E-state index is 0.0223. The first-order valence-corrected chi connectivity index (χ1v) is 9.80. The molecule has 0 spiro atoms. The number of hydrogen-bond acceptors (Lipinski definition) is 3. The van der Waals surface area contributed by atoms with Crippen molar-refractivity contribution in [3.8, 4) is 0 Å². The van der Waals surface area contributed by atoms with E-state index in [1.54, 1.807) is 12.1 Å². The molecule has 1 heterocycles. The first-order valence-electron chi connectivity index (χ1n) is 8.36. The Morgan fingerprint density at radius 2 is 1.76 bits per heavy atom. The van der Waals surface area contributed by atoms with E-state index in [4.69, 9.17) is 5.11 Å². The highest BCUT2D eigenvalue weighted by Gasteiger charge is 2.31. The molecule has 4 nitrogen and oxygen atoms in total. The Morgan fingerprint density at radius 3 is 2.32 bits per heavy atom. The normalized spacial score (nSPS) is 19.1. The molecule has 0 unspecified atom stereocenters. The summed E-state index contributed by atoms with van der Waals surface area (Å²) in [5.41, 5.74) is 3.93. The van der Waals surface area contributed by atoms with Gasteiger partial charge >= 0.3 is 0 Å². The van der Waals surface area contributed by atoms with Crippen LogP contribution < -0.4 is 0 Å². The molecule has 0 aromatic heterocycles. The maximum atomic E-state index is 12.8. The van der Waals surface area contributed by atoms with Crippen LogP contribution in [-0.4, -0.2) is 30.9 Å². The van der Waals surface area contributed by atoms with Gasteiger partial charge in [-0.2, -0.15) is 4.31 Å². The minimum atomic E-state index is -3.49. The van der Waals surface area contributed by atoms with Crippen molar-refractivity contribution in [3.63, 3.8) is 0 Å². The predicted octanol–water partition coefficient (Wildman–Crippen LogP) is 3.22. The minimum Gasteiger partial charge on any atom is -0.392 e. The topological polar surface area (TPSA) is 57.6 Å². The average molecular weight is 357 g/mol. The van der Waals surface area contributed by atoms with Crippen molar-refractivity contribution < 1.29 is 13.5 Å². The Kier molecular flexibility index (Phi) is 5.08. The fourth-order valence-electron chi connectivity index (χ4n) is 3.22. The molecule has 0 aliphatic carbocycles. The van der Waals surface area contributed by atoms with Gasteiger partial charge in [0.15, 0.2) is 0 Å². The van der Waals surface area contributed by atoms with Crippen LogP contribution in [0, 0.1) is 6.92 Å². The molecular weight excluding hydrogens is 334 g/mol. The van der Waals surface area contributed by atoms with Crippen LogP contribution in [0.5, 0.6) is 0 Å². The third-order valence-corrected chi connectivity index (χ3v) is 6.62. The lowest BCUT2D eigenvalue weighted by atomic mass is 9.86. The molecular formula is C20H23NO3S. The van der Waals surface area contributed by atoms with Crippen LogP contribution >= 0.6 is 0 Å². The number of aryl methyl sites for hydroxylation is 1. The van der Waals surface area contributed by atoms with Crippen molar-refractivity contribution in [2.45, 2.75) is 30.8 Å². The number of aliphatic hydroxyl groups is 1. The van der Waals surface area contributed by atoms with Gasteiger partial charge in [0.25, 0.3) is 0 Å². The number of hydrogen-bond donors (Lipinski definition) is 1. The van der Waals surface area contributed by atoms with Crippen molar-refractivity contribution in [1.82, 2.24) is 4.31 Å². The Balaban J connectivity index is 1.76. The van der Waals surface area contributed by atoms with E-state index in [2.05, 4.69) is 6.58 Å². The number of rotatable bonds is 4. The highest BCUT2D eigenvalue weighted by atomic mass is 32.2. The summed E-state index contributed by atoms with van der Waals surface area (Å²) in [6.45, 7) is 6.90. The lowest BCUT2D eigenvalue weighted by Gasteiger charge is -2.33. The smallest absolute Gasteiger partial charge is 0.243 e. The largest absolute Gasteiger partial charge is 0.392 e. The molecule has 2 aromatic rings. The molecule has 0 bridgehead atoms. The molecule has 1 aliphatic heterocycles. The zero-order chi connectivity index (χ0) is 18.0. The molecule has 25 heavy (non-hydrogen) atoms.